The summed E-state index contributed by atoms with van der Waals surface area (Å²) < 4.78 is 0. The van der Waals surface area contributed by atoms with Gasteiger partial charge in [-0.3, -0.25) is 14.5 Å². The van der Waals surface area contributed by atoms with Crippen LogP contribution in [0.4, 0.5) is 0 Å². The number of carbonyl (C=O) groups excluding carboxylic acids is 1. The Bertz CT molecular complexity index is 1370. The third-order valence-electron chi connectivity index (χ3n) is 6.53. The lowest BCUT2D eigenvalue weighted by Gasteiger charge is -2.36. The Kier molecular flexibility index (Phi) is 4.19. The normalized spacial score (nSPS) is 21.5. The molecule has 0 saturated carbocycles. The molecule has 7 heteroatoms. The van der Waals surface area contributed by atoms with E-state index >= 15 is 0 Å². The molecule has 2 saturated heterocycles. The molecule has 2 aromatic carbocycles. The number of fused-ring (bicyclic) bond motifs is 3. The fraction of sp³-hybridized carbons (Fsp3) is 0.250. The number of hydrogen-bond acceptors (Lipinski definition) is 4. The average molecular weight is 413 g/mol. The second-order valence-electron chi connectivity index (χ2n) is 8.45. The molecule has 4 heterocycles. The highest BCUT2D eigenvalue weighted by molar-refractivity contribution is 5.89. The summed E-state index contributed by atoms with van der Waals surface area (Å²) in [6, 6.07) is 18.4. The zero-order valence-electron chi connectivity index (χ0n) is 16.9. The van der Waals surface area contributed by atoms with Gasteiger partial charge < -0.3 is 20.6 Å². The predicted molar refractivity (Wildman–Crippen MR) is 121 cm³/mol. The van der Waals surface area contributed by atoms with Gasteiger partial charge in [-0.25, -0.2) is 0 Å². The van der Waals surface area contributed by atoms with Gasteiger partial charge in [-0.1, -0.05) is 24.3 Å². The molecule has 0 bridgehead atoms. The van der Waals surface area contributed by atoms with Crippen molar-refractivity contribution in [2.75, 3.05) is 19.8 Å². The van der Waals surface area contributed by atoms with E-state index < -0.39 is 0 Å². The van der Waals surface area contributed by atoms with Gasteiger partial charge >= 0.3 is 0 Å². The quantitative estimate of drug-likeness (QED) is 0.413. The molecule has 0 spiro atoms. The van der Waals surface area contributed by atoms with Crippen molar-refractivity contribution in [1.82, 2.24) is 25.5 Å². The number of amides is 1. The number of piperazine rings is 1. The van der Waals surface area contributed by atoms with Crippen LogP contribution >= 0.6 is 0 Å². The Morgan fingerprint density at radius 1 is 0.903 bits per heavy atom. The maximum absolute atomic E-state index is 12.7. The van der Waals surface area contributed by atoms with Crippen molar-refractivity contribution >= 4 is 27.7 Å². The van der Waals surface area contributed by atoms with Crippen LogP contribution in [0.1, 0.15) is 5.56 Å². The second-order valence-corrected chi connectivity index (χ2v) is 8.45. The molecule has 6 rings (SSSR count). The summed E-state index contributed by atoms with van der Waals surface area (Å²) >= 11 is 0. The van der Waals surface area contributed by atoms with Gasteiger partial charge in [0.25, 0.3) is 5.56 Å². The van der Waals surface area contributed by atoms with Gasteiger partial charge in [0.1, 0.15) is 6.04 Å². The van der Waals surface area contributed by atoms with Crippen molar-refractivity contribution in [3.63, 3.8) is 0 Å². The van der Waals surface area contributed by atoms with Crippen LogP contribution in [-0.4, -0.2) is 52.6 Å². The number of carbonyl (C=O) groups is 1. The molecule has 0 radical (unpaired) electrons. The summed E-state index contributed by atoms with van der Waals surface area (Å²) in [6.45, 7) is 2.20. The first kappa shape index (κ1) is 18.4. The third kappa shape index (κ3) is 3.13. The number of aromatic nitrogens is 2. The molecular weight excluding hydrogens is 390 g/mol. The minimum atomic E-state index is -0.101. The number of H-pyrrole nitrogens is 2. The molecule has 1 amide bonds. The molecule has 2 aromatic heterocycles. The lowest BCUT2D eigenvalue weighted by Crippen LogP contribution is -2.56. The van der Waals surface area contributed by atoms with Crippen molar-refractivity contribution < 1.29 is 4.79 Å². The van der Waals surface area contributed by atoms with E-state index in [0.717, 1.165) is 40.5 Å². The molecule has 2 aliphatic heterocycles. The molecule has 2 fully saturated rings. The molecule has 4 aromatic rings. The third-order valence-corrected chi connectivity index (χ3v) is 6.53. The van der Waals surface area contributed by atoms with Crippen LogP contribution in [-0.2, 0) is 11.2 Å². The van der Waals surface area contributed by atoms with Gasteiger partial charge in [-0.2, -0.15) is 0 Å². The van der Waals surface area contributed by atoms with E-state index in [1.165, 1.54) is 5.56 Å². The number of pyridine rings is 1. The van der Waals surface area contributed by atoms with Gasteiger partial charge in [-0.15, -0.1) is 0 Å². The monoisotopic (exact) mass is 413 g/mol. The van der Waals surface area contributed by atoms with Gasteiger partial charge in [0, 0.05) is 35.6 Å². The number of rotatable bonds is 3. The predicted octanol–water partition coefficient (Wildman–Crippen LogP) is 1.95. The number of aromatic amines is 2. The molecule has 4 N–H and O–H groups in total. The second kappa shape index (κ2) is 7.08. The van der Waals surface area contributed by atoms with Crippen LogP contribution in [0.15, 0.2) is 59.4 Å². The zero-order chi connectivity index (χ0) is 20.9. The number of para-hydroxylation sites is 1. The van der Waals surface area contributed by atoms with Gasteiger partial charge in [0.2, 0.25) is 5.91 Å². The largest absolute Gasteiger partial charge is 0.354 e. The van der Waals surface area contributed by atoms with E-state index in [4.69, 9.17) is 0 Å². The first-order valence-electron chi connectivity index (χ1n) is 10.6. The molecule has 2 atom stereocenters. The lowest BCUT2D eigenvalue weighted by molar-refractivity contribution is -0.122. The van der Waals surface area contributed by atoms with E-state index in [2.05, 4.69) is 43.7 Å². The SMILES string of the molecule is O=C1NCN2C(Cc3ccc4[nH]c(-c5cc6ccccc6[nH]c5=O)cc4c3)CNCC12. The van der Waals surface area contributed by atoms with Crippen molar-refractivity contribution in [3.05, 3.63) is 70.5 Å². The smallest absolute Gasteiger partial charge is 0.257 e. The Labute approximate surface area is 178 Å². The molecule has 2 unspecified atom stereocenters. The maximum Gasteiger partial charge on any atom is 0.257 e. The molecule has 2 aliphatic rings. The van der Waals surface area contributed by atoms with E-state index in [-0.39, 0.29) is 23.6 Å². The maximum atomic E-state index is 12.7. The van der Waals surface area contributed by atoms with Crippen molar-refractivity contribution in [3.8, 4) is 11.3 Å². The van der Waals surface area contributed by atoms with Crippen LogP contribution in [0.2, 0.25) is 0 Å². The fourth-order valence-electron chi connectivity index (χ4n) is 4.91. The minimum absolute atomic E-state index is 0.0685. The Balaban J connectivity index is 1.32. The summed E-state index contributed by atoms with van der Waals surface area (Å²) in [4.78, 5) is 33.3. The standard InChI is InChI=1S/C24H23N5O2/c30-23-18(9-15-3-1-2-4-19(15)28-23)21-10-16-7-14(5-6-20(16)27-21)8-17-11-25-12-22-24(31)26-13-29(17)22/h1-7,9-10,17,22,25,27H,8,11-13H2,(H,26,31)(H,28,30). The topological polar surface area (TPSA) is 93.0 Å². The number of nitrogens with zero attached hydrogens (tertiary/aromatic N) is 1. The fourth-order valence-corrected chi connectivity index (χ4v) is 4.91. The molecule has 31 heavy (non-hydrogen) atoms. The van der Waals surface area contributed by atoms with Crippen LogP contribution in [0.25, 0.3) is 33.1 Å². The molecule has 7 nitrogen and oxygen atoms in total. The summed E-state index contributed by atoms with van der Waals surface area (Å²) in [5, 5.41) is 8.43. The summed E-state index contributed by atoms with van der Waals surface area (Å²) in [5.41, 5.74) is 4.41. The zero-order valence-corrected chi connectivity index (χ0v) is 16.9. The highest BCUT2D eigenvalue weighted by atomic mass is 16.2. The first-order valence-corrected chi connectivity index (χ1v) is 10.6. The van der Waals surface area contributed by atoms with Crippen LogP contribution < -0.4 is 16.2 Å². The van der Waals surface area contributed by atoms with E-state index in [9.17, 15) is 9.59 Å². The Hall–Kier alpha value is -3.42. The number of hydrogen-bond donors (Lipinski definition) is 4. The molecule has 0 aliphatic carbocycles. The summed E-state index contributed by atoms with van der Waals surface area (Å²) in [5.74, 6) is 0.114. The van der Waals surface area contributed by atoms with Crippen molar-refractivity contribution in [1.29, 1.82) is 0 Å². The first-order chi connectivity index (χ1) is 15.2. The van der Waals surface area contributed by atoms with Gasteiger partial charge in [0.05, 0.1) is 17.9 Å². The van der Waals surface area contributed by atoms with Gasteiger partial charge in [-0.05, 0) is 47.7 Å². The average Bonchev–Trinajstić information content (AvgIpc) is 3.37. The van der Waals surface area contributed by atoms with E-state index in [1.807, 2.05) is 36.4 Å². The highest BCUT2D eigenvalue weighted by Crippen LogP contribution is 2.26. The number of nitrogens with one attached hydrogen (secondary N) is 4. The van der Waals surface area contributed by atoms with Crippen LogP contribution in [0, 0.1) is 0 Å². The van der Waals surface area contributed by atoms with E-state index in [1.54, 1.807) is 0 Å². The Morgan fingerprint density at radius 2 is 1.77 bits per heavy atom. The Morgan fingerprint density at radius 3 is 2.71 bits per heavy atom. The minimum Gasteiger partial charge on any atom is -0.354 e. The summed E-state index contributed by atoms with van der Waals surface area (Å²) in [7, 11) is 0. The van der Waals surface area contributed by atoms with Gasteiger partial charge in [0.15, 0.2) is 0 Å². The lowest BCUT2D eigenvalue weighted by atomic mass is 10.00. The van der Waals surface area contributed by atoms with Crippen LogP contribution in [0.5, 0.6) is 0 Å². The van der Waals surface area contributed by atoms with Crippen molar-refractivity contribution in [2.24, 2.45) is 0 Å². The van der Waals surface area contributed by atoms with Crippen LogP contribution in [0.3, 0.4) is 0 Å². The number of benzene rings is 2. The van der Waals surface area contributed by atoms with Crippen molar-refractivity contribution in [2.45, 2.75) is 18.5 Å². The molecular formula is C24H23N5O2. The van der Waals surface area contributed by atoms with E-state index in [0.29, 0.717) is 18.8 Å². The molecule has 156 valence electrons. The highest BCUT2D eigenvalue weighted by Gasteiger charge is 2.39. The summed E-state index contributed by atoms with van der Waals surface area (Å²) in [6.07, 6.45) is 0.867.